The fourth-order valence-electron chi connectivity index (χ4n) is 6.36. The van der Waals surface area contributed by atoms with Crippen molar-refractivity contribution in [1.29, 1.82) is 0 Å². The Kier molecular flexibility index (Phi) is 7.24. The maximum absolute atomic E-state index is 13.3. The largest absolute Gasteiger partial charge is 0.493 e. The normalized spacial score (nSPS) is 25.8. The van der Waals surface area contributed by atoms with E-state index in [1.807, 2.05) is 13.1 Å². The SMILES string of the molecule is COC1=CC2C3C(Sc4ccc(C(F)(F)F)cc4)c4ccc(OC(C)=O)c(OC(C)=O)c4C2(CCN3C)CC1=O. The maximum atomic E-state index is 13.3. The number of benzene rings is 2. The predicted octanol–water partition coefficient (Wildman–Crippen LogP) is 5.46. The van der Waals surface area contributed by atoms with Crippen LogP contribution < -0.4 is 9.47 Å². The molecule has 0 spiro atoms. The summed E-state index contributed by atoms with van der Waals surface area (Å²) >= 11 is 1.40. The van der Waals surface area contributed by atoms with Crippen LogP contribution in [0.4, 0.5) is 13.2 Å². The summed E-state index contributed by atoms with van der Waals surface area (Å²) in [6.07, 6.45) is -1.96. The van der Waals surface area contributed by atoms with E-state index in [1.165, 1.54) is 44.9 Å². The zero-order valence-corrected chi connectivity index (χ0v) is 23.2. The lowest BCUT2D eigenvalue weighted by Crippen LogP contribution is -2.61. The number of rotatable bonds is 5. The Morgan fingerprint density at radius 3 is 2.33 bits per heavy atom. The molecule has 0 radical (unpaired) electrons. The van der Waals surface area contributed by atoms with Gasteiger partial charge < -0.3 is 19.1 Å². The van der Waals surface area contributed by atoms with Gasteiger partial charge in [-0.15, -0.1) is 11.8 Å². The van der Waals surface area contributed by atoms with Crippen molar-refractivity contribution in [3.63, 3.8) is 0 Å². The number of thioether (sulfide) groups is 1. The van der Waals surface area contributed by atoms with E-state index < -0.39 is 29.1 Å². The summed E-state index contributed by atoms with van der Waals surface area (Å²) in [6.45, 7) is 3.10. The van der Waals surface area contributed by atoms with Crippen molar-refractivity contribution in [2.45, 2.75) is 54.5 Å². The number of Topliss-reactive ketones (excluding diaryl/α,β-unsaturated/α-hetero) is 1. The quantitative estimate of drug-likeness (QED) is 0.343. The van der Waals surface area contributed by atoms with E-state index in [-0.39, 0.29) is 46.7 Å². The van der Waals surface area contributed by atoms with Gasteiger partial charge in [0.05, 0.1) is 17.9 Å². The van der Waals surface area contributed by atoms with Crippen molar-refractivity contribution >= 4 is 29.5 Å². The molecule has 2 aromatic carbocycles. The Morgan fingerprint density at radius 1 is 1.05 bits per heavy atom. The van der Waals surface area contributed by atoms with Crippen LogP contribution in [0.1, 0.15) is 48.6 Å². The number of nitrogens with zero attached hydrogens (tertiary/aromatic N) is 1. The first-order valence-electron chi connectivity index (χ1n) is 12.7. The Morgan fingerprint density at radius 2 is 1.73 bits per heavy atom. The number of carbonyl (C=O) groups is 3. The number of piperidine rings is 1. The number of esters is 2. The van der Waals surface area contributed by atoms with Gasteiger partial charge in [-0.2, -0.15) is 13.2 Å². The Hall–Kier alpha value is -3.31. The lowest BCUT2D eigenvalue weighted by Gasteiger charge is -2.59. The molecule has 0 N–H and O–H groups in total. The second-order valence-electron chi connectivity index (χ2n) is 10.3. The van der Waals surface area contributed by atoms with E-state index >= 15 is 0 Å². The third-order valence-electron chi connectivity index (χ3n) is 7.94. The predicted molar refractivity (Wildman–Crippen MR) is 140 cm³/mol. The topological polar surface area (TPSA) is 82.1 Å². The number of methoxy groups -OCH3 is 1. The number of fused-ring (bicyclic) bond motifs is 1. The Bertz CT molecular complexity index is 1410. The summed E-state index contributed by atoms with van der Waals surface area (Å²) in [7, 11) is 3.42. The average molecular weight is 576 g/mol. The van der Waals surface area contributed by atoms with E-state index in [1.54, 1.807) is 12.1 Å². The molecule has 1 fully saturated rings. The number of ketones is 1. The fraction of sp³-hybridized carbons (Fsp3) is 0.414. The van der Waals surface area contributed by atoms with Crippen LogP contribution in [-0.2, 0) is 30.7 Å². The van der Waals surface area contributed by atoms with Gasteiger partial charge in [-0.3, -0.25) is 14.4 Å². The third kappa shape index (κ3) is 4.79. The first kappa shape index (κ1) is 28.2. The van der Waals surface area contributed by atoms with Crippen LogP contribution in [0.3, 0.4) is 0 Å². The van der Waals surface area contributed by atoms with E-state index in [0.29, 0.717) is 23.4 Å². The Labute approximate surface area is 233 Å². The lowest BCUT2D eigenvalue weighted by atomic mass is 9.53. The van der Waals surface area contributed by atoms with Crippen LogP contribution in [0.15, 0.2) is 53.1 Å². The van der Waals surface area contributed by atoms with Crippen LogP contribution in [0.25, 0.3) is 0 Å². The molecule has 4 unspecified atom stereocenters. The highest BCUT2D eigenvalue weighted by Gasteiger charge is 2.60. The molecule has 212 valence electrons. The van der Waals surface area contributed by atoms with Crippen LogP contribution in [0.5, 0.6) is 11.5 Å². The van der Waals surface area contributed by atoms with E-state index in [0.717, 1.165) is 17.7 Å². The number of likely N-dealkylation sites (tertiary alicyclic amines) is 1. The molecule has 5 rings (SSSR count). The molecule has 2 aliphatic carbocycles. The molecule has 3 aliphatic rings. The van der Waals surface area contributed by atoms with Gasteiger partial charge in [0.1, 0.15) is 0 Å². The molecule has 0 aromatic heterocycles. The zero-order valence-electron chi connectivity index (χ0n) is 22.3. The molecule has 0 amide bonds. The molecule has 1 aliphatic heterocycles. The molecule has 7 nitrogen and oxygen atoms in total. The molecule has 40 heavy (non-hydrogen) atoms. The van der Waals surface area contributed by atoms with Crippen molar-refractivity contribution in [3.8, 4) is 11.5 Å². The Balaban J connectivity index is 1.74. The number of hydrogen-bond acceptors (Lipinski definition) is 8. The molecule has 4 atom stereocenters. The molecular weight excluding hydrogens is 547 g/mol. The van der Waals surface area contributed by atoms with Gasteiger partial charge in [-0.05, 0) is 62.0 Å². The van der Waals surface area contributed by atoms with E-state index in [2.05, 4.69) is 4.90 Å². The summed E-state index contributed by atoms with van der Waals surface area (Å²) < 4.78 is 56.3. The van der Waals surface area contributed by atoms with Gasteiger partial charge in [0.25, 0.3) is 0 Å². The van der Waals surface area contributed by atoms with Crippen LogP contribution in [-0.4, -0.2) is 49.4 Å². The van der Waals surface area contributed by atoms with Gasteiger partial charge in [-0.1, -0.05) is 6.07 Å². The minimum atomic E-state index is -4.45. The molecule has 11 heteroatoms. The number of carbonyl (C=O) groups excluding carboxylic acids is 3. The smallest absolute Gasteiger partial charge is 0.416 e. The van der Waals surface area contributed by atoms with E-state index in [4.69, 9.17) is 14.2 Å². The number of halogens is 3. The number of likely N-dealkylation sites (N-methyl/N-ethyl adjacent to an activating group) is 1. The summed E-state index contributed by atoms with van der Waals surface area (Å²) in [4.78, 5) is 40.3. The van der Waals surface area contributed by atoms with Crippen molar-refractivity contribution in [2.24, 2.45) is 5.92 Å². The highest BCUT2D eigenvalue weighted by atomic mass is 32.2. The average Bonchev–Trinajstić information content (AvgIpc) is 2.87. The van der Waals surface area contributed by atoms with Crippen molar-refractivity contribution < 1.29 is 41.8 Å². The minimum absolute atomic E-state index is 0.0687. The summed E-state index contributed by atoms with van der Waals surface area (Å²) in [5, 5.41) is -0.335. The standard InChI is InChI=1S/C29H28F3NO6S/c1-15(34)38-22-10-9-19-24(26(22)39-16(2)35)28-11-12-33(3)25(20(28)13-23(37-4)21(36)14-28)27(19)40-18-7-5-17(6-8-18)29(30,31)32/h5-10,13,20,25,27H,11-12,14H2,1-4H3. The maximum Gasteiger partial charge on any atom is 0.416 e. The summed E-state index contributed by atoms with van der Waals surface area (Å²) in [5.41, 5.74) is -0.132. The second kappa shape index (κ2) is 10.3. The van der Waals surface area contributed by atoms with E-state index in [9.17, 15) is 27.6 Å². The van der Waals surface area contributed by atoms with Crippen LogP contribution in [0, 0.1) is 5.92 Å². The molecule has 2 aromatic rings. The molecule has 1 saturated heterocycles. The van der Waals surface area contributed by atoms with Gasteiger partial charge in [0, 0.05) is 48.1 Å². The fourth-order valence-corrected chi connectivity index (χ4v) is 7.79. The minimum Gasteiger partial charge on any atom is -0.493 e. The van der Waals surface area contributed by atoms with Crippen molar-refractivity contribution in [3.05, 3.63) is 64.9 Å². The van der Waals surface area contributed by atoms with Gasteiger partial charge in [0.2, 0.25) is 0 Å². The van der Waals surface area contributed by atoms with Gasteiger partial charge in [-0.25, -0.2) is 0 Å². The third-order valence-corrected chi connectivity index (χ3v) is 9.27. The van der Waals surface area contributed by atoms with Crippen molar-refractivity contribution in [2.75, 3.05) is 20.7 Å². The molecule has 0 saturated carbocycles. The number of allylic oxidation sites excluding steroid dienone is 1. The van der Waals surface area contributed by atoms with Crippen LogP contribution >= 0.6 is 11.8 Å². The first-order chi connectivity index (χ1) is 18.9. The molecular formula is C29H28F3NO6S. The van der Waals surface area contributed by atoms with Crippen molar-refractivity contribution in [1.82, 2.24) is 4.90 Å². The first-order valence-corrected chi connectivity index (χ1v) is 13.6. The number of hydrogen-bond donors (Lipinski definition) is 0. The molecule has 2 bridgehead atoms. The summed E-state index contributed by atoms with van der Waals surface area (Å²) in [6, 6.07) is 8.18. The number of alkyl halides is 3. The molecule has 1 heterocycles. The number of ether oxygens (including phenoxy) is 3. The monoisotopic (exact) mass is 575 g/mol. The lowest BCUT2D eigenvalue weighted by molar-refractivity contribution is -0.137. The zero-order chi connectivity index (χ0) is 29.0. The van der Waals surface area contributed by atoms with Gasteiger partial charge in [0.15, 0.2) is 23.0 Å². The highest BCUT2D eigenvalue weighted by Crippen LogP contribution is 2.63. The second-order valence-corrected chi connectivity index (χ2v) is 11.6. The summed E-state index contributed by atoms with van der Waals surface area (Å²) in [5.74, 6) is -1.27. The van der Waals surface area contributed by atoms with Gasteiger partial charge >= 0.3 is 18.1 Å². The highest BCUT2D eigenvalue weighted by molar-refractivity contribution is 7.99. The van der Waals surface area contributed by atoms with Crippen LogP contribution in [0.2, 0.25) is 0 Å².